The molecular formula is C13H21BrN2O. The number of nitrogens with zero attached hydrogens (tertiary/aromatic N) is 2. The highest BCUT2D eigenvalue weighted by Crippen LogP contribution is 2.17. The summed E-state index contributed by atoms with van der Waals surface area (Å²) in [5.41, 5.74) is 0. The number of aryl methyl sites for hydroxylation is 1. The van der Waals surface area contributed by atoms with E-state index in [1.807, 2.05) is 13.0 Å². The number of unbranched alkanes of at least 4 members (excludes halogenated alkanes) is 3. The van der Waals surface area contributed by atoms with Crippen LogP contribution in [-0.2, 0) is 0 Å². The predicted molar refractivity (Wildman–Crippen MR) is 73.3 cm³/mol. The molecule has 0 aliphatic rings. The molecule has 0 spiro atoms. The normalized spacial score (nSPS) is 12.5. The van der Waals surface area contributed by atoms with Crippen molar-refractivity contribution < 1.29 is 4.74 Å². The number of hydrogen-bond acceptors (Lipinski definition) is 3. The Morgan fingerprint density at radius 2 is 2.06 bits per heavy atom. The summed E-state index contributed by atoms with van der Waals surface area (Å²) in [6, 6.07) is 1.82. The lowest BCUT2D eigenvalue weighted by molar-refractivity contribution is 0.197. The molecule has 0 saturated carbocycles. The van der Waals surface area contributed by atoms with E-state index in [4.69, 9.17) is 4.74 Å². The van der Waals surface area contributed by atoms with E-state index in [-0.39, 0.29) is 6.10 Å². The van der Waals surface area contributed by atoms with E-state index in [1.165, 1.54) is 25.7 Å². The molecule has 1 rings (SSSR count). The molecule has 0 amide bonds. The van der Waals surface area contributed by atoms with Crippen LogP contribution in [0.1, 0.15) is 51.8 Å². The summed E-state index contributed by atoms with van der Waals surface area (Å²) in [6.45, 7) is 6.18. The number of rotatable bonds is 7. The first-order valence-electron chi connectivity index (χ1n) is 6.29. The summed E-state index contributed by atoms with van der Waals surface area (Å²) in [5, 5.41) is 0. The van der Waals surface area contributed by atoms with Crippen molar-refractivity contribution in [2.24, 2.45) is 0 Å². The third-order valence-electron chi connectivity index (χ3n) is 2.57. The Balaban J connectivity index is 2.36. The molecule has 0 aromatic carbocycles. The quantitative estimate of drug-likeness (QED) is 0.557. The summed E-state index contributed by atoms with van der Waals surface area (Å²) in [6.07, 6.45) is 6.39. The smallest absolute Gasteiger partial charge is 0.217 e. The maximum absolute atomic E-state index is 5.78. The molecule has 3 nitrogen and oxygen atoms in total. The van der Waals surface area contributed by atoms with Gasteiger partial charge in [-0.15, -0.1) is 0 Å². The Bertz CT molecular complexity index is 324. The zero-order valence-electron chi connectivity index (χ0n) is 10.9. The van der Waals surface area contributed by atoms with Gasteiger partial charge < -0.3 is 4.74 Å². The van der Waals surface area contributed by atoms with Crippen molar-refractivity contribution in [3.8, 4) is 5.88 Å². The zero-order valence-corrected chi connectivity index (χ0v) is 12.5. The van der Waals surface area contributed by atoms with E-state index in [0.29, 0.717) is 5.88 Å². The third-order valence-corrected chi connectivity index (χ3v) is 2.98. The fourth-order valence-electron chi connectivity index (χ4n) is 1.69. The second-order valence-corrected chi connectivity index (χ2v) is 5.17. The second-order valence-electron chi connectivity index (χ2n) is 4.35. The zero-order chi connectivity index (χ0) is 12.7. The number of aromatic nitrogens is 2. The maximum atomic E-state index is 5.78. The molecule has 0 N–H and O–H groups in total. The van der Waals surface area contributed by atoms with Gasteiger partial charge in [0.05, 0.1) is 6.10 Å². The van der Waals surface area contributed by atoms with Crippen LogP contribution in [-0.4, -0.2) is 16.1 Å². The molecule has 96 valence electrons. The molecule has 0 saturated heterocycles. The molecule has 0 radical (unpaired) electrons. The Morgan fingerprint density at radius 3 is 2.71 bits per heavy atom. The van der Waals surface area contributed by atoms with Crippen LogP contribution in [0.5, 0.6) is 5.88 Å². The van der Waals surface area contributed by atoms with Gasteiger partial charge in [-0.25, -0.2) is 4.98 Å². The van der Waals surface area contributed by atoms with Gasteiger partial charge in [0.25, 0.3) is 0 Å². The highest BCUT2D eigenvalue weighted by atomic mass is 79.9. The first kappa shape index (κ1) is 14.4. The standard InChI is InChI=1S/C13H21BrN2O/c1-4-5-6-7-8-10(2)17-13-9-12(14)15-11(3)16-13/h9-10H,4-8H2,1-3H3. The van der Waals surface area contributed by atoms with Gasteiger partial charge >= 0.3 is 0 Å². The summed E-state index contributed by atoms with van der Waals surface area (Å²) in [4.78, 5) is 8.41. The average Bonchev–Trinajstić information content (AvgIpc) is 2.23. The van der Waals surface area contributed by atoms with Gasteiger partial charge in [0.2, 0.25) is 5.88 Å². The summed E-state index contributed by atoms with van der Waals surface area (Å²) >= 11 is 3.34. The van der Waals surface area contributed by atoms with Crippen LogP contribution in [0.25, 0.3) is 0 Å². The van der Waals surface area contributed by atoms with Crippen LogP contribution in [0.3, 0.4) is 0 Å². The second kappa shape index (κ2) is 7.64. The Kier molecular flexibility index (Phi) is 6.48. The lowest BCUT2D eigenvalue weighted by Crippen LogP contribution is -2.13. The molecule has 1 atom stereocenters. The number of hydrogen-bond donors (Lipinski definition) is 0. The fourth-order valence-corrected chi connectivity index (χ4v) is 2.14. The minimum atomic E-state index is 0.216. The molecule has 0 aliphatic carbocycles. The van der Waals surface area contributed by atoms with Crippen LogP contribution in [0, 0.1) is 6.92 Å². The van der Waals surface area contributed by atoms with Crippen LogP contribution in [0.2, 0.25) is 0 Å². The lowest BCUT2D eigenvalue weighted by Gasteiger charge is -2.14. The van der Waals surface area contributed by atoms with E-state index in [1.54, 1.807) is 0 Å². The van der Waals surface area contributed by atoms with E-state index >= 15 is 0 Å². The first-order chi connectivity index (χ1) is 8.11. The highest BCUT2D eigenvalue weighted by molar-refractivity contribution is 9.10. The SMILES string of the molecule is CCCCCCC(C)Oc1cc(Br)nc(C)n1. The molecule has 1 aromatic heterocycles. The fraction of sp³-hybridized carbons (Fsp3) is 0.692. The molecule has 17 heavy (non-hydrogen) atoms. The first-order valence-corrected chi connectivity index (χ1v) is 7.09. The van der Waals surface area contributed by atoms with Crippen LogP contribution in [0.15, 0.2) is 10.7 Å². The maximum Gasteiger partial charge on any atom is 0.217 e. The predicted octanol–water partition coefficient (Wildman–Crippen LogP) is 4.29. The van der Waals surface area contributed by atoms with Crippen molar-refractivity contribution in [2.75, 3.05) is 0 Å². The van der Waals surface area contributed by atoms with Crippen molar-refractivity contribution in [3.63, 3.8) is 0 Å². The van der Waals surface area contributed by atoms with Crippen LogP contribution in [0.4, 0.5) is 0 Å². The molecular weight excluding hydrogens is 280 g/mol. The van der Waals surface area contributed by atoms with Crippen molar-refractivity contribution in [1.29, 1.82) is 0 Å². The molecule has 1 heterocycles. The molecule has 0 fully saturated rings. The monoisotopic (exact) mass is 300 g/mol. The van der Waals surface area contributed by atoms with E-state index in [0.717, 1.165) is 16.8 Å². The van der Waals surface area contributed by atoms with Gasteiger partial charge in [0, 0.05) is 6.07 Å². The van der Waals surface area contributed by atoms with Gasteiger partial charge in [-0.1, -0.05) is 26.2 Å². The van der Waals surface area contributed by atoms with Gasteiger partial charge in [-0.3, -0.25) is 0 Å². The van der Waals surface area contributed by atoms with E-state index in [9.17, 15) is 0 Å². The Hall–Kier alpha value is -0.640. The molecule has 0 aliphatic heterocycles. The average molecular weight is 301 g/mol. The molecule has 0 bridgehead atoms. The van der Waals surface area contributed by atoms with Crippen molar-refractivity contribution >= 4 is 15.9 Å². The van der Waals surface area contributed by atoms with Gasteiger partial charge in [0.1, 0.15) is 10.4 Å². The minimum absolute atomic E-state index is 0.216. The Labute approximate surface area is 112 Å². The third kappa shape index (κ3) is 6.01. The van der Waals surface area contributed by atoms with Gasteiger partial charge in [0.15, 0.2) is 0 Å². The highest BCUT2D eigenvalue weighted by Gasteiger charge is 2.06. The van der Waals surface area contributed by atoms with E-state index < -0.39 is 0 Å². The van der Waals surface area contributed by atoms with Crippen molar-refractivity contribution in [3.05, 3.63) is 16.5 Å². The van der Waals surface area contributed by atoms with Crippen LogP contribution < -0.4 is 4.74 Å². The summed E-state index contributed by atoms with van der Waals surface area (Å²) < 4.78 is 6.55. The minimum Gasteiger partial charge on any atom is -0.475 e. The summed E-state index contributed by atoms with van der Waals surface area (Å²) in [7, 11) is 0. The lowest BCUT2D eigenvalue weighted by atomic mass is 10.1. The van der Waals surface area contributed by atoms with Gasteiger partial charge in [-0.05, 0) is 42.6 Å². The number of halogens is 1. The largest absolute Gasteiger partial charge is 0.475 e. The summed E-state index contributed by atoms with van der Waals surface area (Å²) in [5.74, 6) is 1.39. The van der Waals surface area contributed by atoms with Crippen molar-refractivity contribution in [1.82, 2.24) is 9.97 Å². The number of ether oxygens (including phenoxy) is 1. The van der Waals surface area contributed by atoms with Gasteiger partial charge in [-0.2, -0.15) is 4.98 Å². The molecule has 1 unspecified atom stereocenters. The Morgan fingerprint density at radius 1 is 1.29 bits per heavy atom. The van der Waals surface area contributed by atoms with Crippen LogP contribution >= 0.6 is 15.9 Å². The topological polar surface area (TPSA) is 35.0 Å². The molecule has 1 aromatic rings. The van der Waals surface area contributed by atoms with E-state index in [2.05, 4.69) is 39.7 Å². The molecule has 4 heteroatoms. The van der Waals surface area contributed by atoms with Crippen molar-refractivity contribution in [2.45, 2.75) is 59.0 Å².